The fourth-order valence-corrected chi connectivity index (χ4v) is 5.79. The minimum Gasteiger partial charge on any atom is -0.490 e. The highest BCUT2D eigenvalue weighted by molar-refractivity contribution is 5.92. The van der Waals surface area contributed by atoms with Crippen LogP contribution < -0.4 is 14.2 Å². The van der Waals surface area contributed by atoms with E-state index in [0.29, 0.717) is 5.56 Å². The number of ether oxygens (including phenoxy) is 6. The Labute approximate surface area is 279 Å². The molecular weight excluding hydrogens is 626 g/mol. The molecule has 1 aliphatic heterocycles. The predicted octanol–water partition coefficient (Wildman–Crippen LogP) is 8.71. The molecule has 12 heteroatoms. The van der Waals surface area contributed by atoms with Gasteiger partial charge in [0, 0.05) is 12.8 Å². The lowest BCUT2D eigenvalue weighted by Crippen LogP contribution is -2.34. The van der Waals surface area contributed by atoms with Crippen molar-refractivity contribution in [3.8, 4) is 28.6 Å². The van der Waals surface area contributed by atoms with Gasteiger partial charge in [-0.3, -0.25) is 0 Å². The van der Waals surface area contributed by atoms with E-state index in [4.69, 9.17) is 28.4 Å². The predicted molar refractivity (Wildman–Crippen MR) is 171 cm³/mol. The molecule has 3 aromatic rings. The van der Waals surface area contributed by atoms with Gasteiger partial charge in [-0.25, -0.2) is 23.9 Å². The van der Waals surface area contributed by atoms with Crippen LogP contribution in [0.25, 0.3) is 11.4 Å². The summed E-state index contributed by atoms with van der Waals surface area (Å²) in [6, 6.07) is 8.68. The molecule has 48 heavy (non-hydrogen) atoms. The van der Waals surface area contributed by atoms with Crippen LogP contribution in [-0.4, -0.2) is 47.4 Å². The van der Waals surface area contributed by atoms with Gasteiger partial charge >= 0.3 is 12.1 Å². The van der Waals surface area contributed by atoms with E-state index >= 15 is 0 Å². The topological polar surface area (TPSA) is 115 Å². The number of nitrogens with zero attached hydrogens (tertiary/aromatic N) is 2. The maximum Gasteiger partial charge on any atom is 0.516 e. The van der Waals surface area contributed by atoms with Crippen LogP contribution in [0, 0.1) is 11.6 Å². The molecule has 2 aliphatic rings. The zero-order valence-electron chi connectivity index (χ0n) is 27.2. The average molecular weight is 669 g/mol. The van der Waals surface area contributed by atoms with Crippen molar-refractivity contribution < 1.29 is 46.8 Å². The van der Waals surface area contributed by atoms with Crippen LogP contribution in [-0.2, 0) is 14.2 Å². The van der Waals surface area contributed by atoms with E-state index < -0.39 is 41.4 Å². The zero-order chi connectivity index (χ0) is 33.8. The molecule has 0 amide bonds. The summed E-state index contributed by atoms with van der Waals surface area (Å²) >= 11 is 0. The van der Waals surface area contributed by atoms with Crippen molar-refractivity contribution in [2.24, 2.45) is 0 Å². The molecule has 0 bridgehead atoms. The second kappa shape index (κ2) is 17.3. The highest BCUT2D eigenvalue weighted by Gasteiger charge is 2.44. The number of aromatic nitrogens is 2. The average Bonchev–Trinajstić information content (AvgIpc) is 3.47. The quantitative estimate of drug-likeness (QED) is 0.0885. The van der Waals surface area contributed by atoms with Crippen molar-refractivity contribution in [3.63, 3.8) is 0 Å². The lowest BCUT2D eigenvalue weighted by atomic mass is 9.94. The highest BCUT2D eigenvalue weighted by atomic mass is 19.2. The molecule has 1 saturated heterocycles. The Morgan fingerprint density at radius 2 is 1.56 bits per heavy atom. The second-order valence-electron chi connectivity index (χ2n) is 12.0. The summed E-state index contributed by atoms with van der Waals surface area (Å²) < 4.78 is 62.7. The first kappa shape index (κ1) is 35.2. The number of hydrogen-bond donors (Lipinski definition) is 0. The Morgan fingerprint density at radius 3 is 2.31 bits per heavy atom. The standard InChI is InChI=1S/C36H42F2N2O8/c1-2-3-4-5-6-7-8-14-21-43-29-18-17-27(31(37)32(29)38)34(41)46-28-16-11-10-15-26(28)33-39-22-25(23-40-33)45-35(42)47-30-24-44-36(48-30)19-12-9-13-20-36/h10-11,15-18,22-23,30H,2-9,12-14,19-21,24H2,1H3/t30-/m0/s1. The molecule has 1 aromatic heterocycles. The van der Waals surface area contributed by atoms with Gasteiger partial charge in [0.15, 0.2) is 28.9 Å². The number of para-hydroxylation sites is 1. The van der Waals surface area contributed by atoms with Gasteiger partial charge in [-0.15, -0.1) is 0 Å². The van der Waals surface area contributed by atoms with E-state index in [0.717, 1.165) is 63.9 Å². The maximum absolute atomic E-state index is 14.9. The van der Waals surface area contributed by atoms with E-state index in [1.54, 1.807) is 18.2 Å². The summed E-state index contributed by atoms with van der Waals surface area (Å²) in [6.07, 6.45) is 14.0. The Balaban J connectivity index is 1.12. The lowest BCUT2D eigenvalue weighted by Gasteiger charge is -2.31. The Kier molecular flexibility index (Phi) is 12.7. The number of esters is 1. The molecule has 0 unspecified atom stereocenters. The first-order valence-electron chi connectivity index (χ1n) is 16.8. The van der Waals surface area contributed by atoms with E-state index in [9.17, 15) is 18.4 Å². The summed E-state index contributed by atoms with van der Waals surface area (Å²) in [5, 5.41) is 0. The largest absolute Gasteiger partial charge is 0.516 e. The van der Waals surface area contributed by atoms with Gasteiger partial charge in [-0.2, -0.15) is 4.39 Å². The Morgan fingerprint density at radius 1 is 0.854 bits per heavy atom. The normalized spacial score (nSPS) is 16.9. The van der Waals surface area contributed by atoms with Gasteiger partial charge in [0.05, 0.1) is 30.1 Å². The smallest absolute Gasteiger partial charge is 0.490 e. The van der Waals surface area contributed by atoms with Gasteiger partial charge in [0.2, 0.25) is 12.1 Å². The van der Waals surface area contributed by atoms with Crippen LogP contribution in [0.5, 0.6) is 17.2 Å². The fourth-order valence-electron chi connectivity index (χ4n) is 5.79. The highest BCUT2D eigenvalue weighted by Crippen LogP contribution is 2.38. The minimum absolute atomic E-state index is 0.00628. The SMILES string of the molecule is CCCCCCCCCCOc1ccc(C(=O)Oc2ccccc2-c2ncc(OC(=O)O[C@@H]3COC4(CCCCC4)O3)cn2)c(F)c1F. The third-order valence-electron chi connectivity index (χ3n) is 8.35. The molecule has 2 heterocycles. The molecule has 1 saturated carbocycles. The van der Waals surface area contributed by atoms with E-state index in [-0.39, 0.29) is 36.3 Å². The molecule has 258 valence electrons. The summed E-state index contributed by atoms with van der Waals surface area (Å²) in [4.78, 5) is 33.7. The van der Waals surface area contributed by atoms with Gasteiger partial charge in [0.1, 0.15) is 12.4 Å². The molecular formula is C36H42F2N2O8. The van der Waals surface area contributed by atoms with Crippen molar-refractivity contribution in [3.05, 3.63) is 66.0 Å². The summed E-state index contributed by atoms with van der Waals surface area (Å²) in [5.74, 6) is -4.54. The van der Waals surface area contributed by atoms with Gasteiger partial charge < -0.3 is 28.4 Å². The fraction of sp³-hybridized carbons (Fsp3) is 0.500. The monoisotopic (exact) mass is 668 g/mol. The first-order chi connectivity index (χ1) is 23.4. The van der Waals surface area contributed by atoms with Crippen molar-refractivity contribution in [1.82, 2.24) is 9.97 Å². The molecule has 0 radical (unpaired) electrons. The lowest BCUT2D eigenvalue weighted by molar-refractivity contribution is -0.214. The Bertz CT molecular complexity index is 1510. The van der Waals surface area contributed by atoms with Crippen molar-refractivity contribution in [2.75, 3.05) is 13.2 Å². The maximum atomic E-state index is 14.9. The third-order valence-corrected chi connectivity index (χ3v) is 8.35. The number of benzene rings is 2. The number of rotatable bonds is 15. The number of carbonyl (C=O) groups excluding carboxylic acids is 2. The minimum atomic E-state index is -1.36. The van der Waals surface area contributed by atoms with Crippen LogP contribution in [0.3, 0.4) is 0 Å². The van der Waals surface area contributed by atoms with Crippen LogP contribution in [0.2, 0.25) is 0 Å². The summed E-state index contributed by atoms with van der Waals surface area (Å²) in [6.45, 7) is 2.55. The molecule has 2 aromatic carbocycles. The van der Waals surface area contributed by atoms with Crippen molar-refractivity contribution in [2.45, 2.75) is 102 Å². The van der Waals surface area contributed by atoms with Crippen molar-refractivity contribution in [1.29, 1.82) is 0 Å². The van der Waals surface area contributed by atoms with E-state index in [1.165, 1.54) is 50.2 Å². The van der Waals surface area contributed by atoms with Gasteiger partial charge in [0.25, 0.3) is 0 Å². The molecule has 2 fully saturated rings. The molecule has 1 spiro atoms. The molecule has 1 aliphatic carbocycles. The summed E-state index contributed by atoms with van der Waals surface area (Å²) in [5.41, 5.74) is -0.295. The van der Waals surface area contributed by atoms with Gasteiger partial charge in [-0.05, 0) is 43.5 Å². The summed E-state index contributed by atoms with van der Waals surface area (Å²) in [7, 11) is 0. The van der Waals surface area contributed by atoms with Crippen molar-refractivity contribution >= 4 is 12.1 Å². The number of carbonyl (C=O) groups is 2. The molecule has 1 atom stereocenters. The number of unbranched alkanes of at least 4 members (excludes halogenated alkanes) is 7. The molecule has 5 rings (SSSR count). The van der Waals surface area contributed by atoms with E-state index in [1.807, 2.05) is 0 Å². The van der Waals surface area contributed by atoms with Crippen LogP contribution in [0.1, 0.15) is 101 Å². The van der Waals surface area contributed by atoms with Gasteiger partial charge in [-0.1, -0.05) is 70.4 Å². The zero-order valence-corrected chi connectivity index (χ0v) is 27.2. The van der Waals surface area contributed by atoms with Crippen LogP contribution in [0.4, 0.5) is 13.6 Å². The van der Waals surface area contributed by atoms with E-state index in [2.05, 4.69) is 16.9 Å². The third kappa shape index (κ3) is 9.47. The number of halogens is 2. The molecule has 0 N–H and O–H groups in total. The molecule has 10 nitrogen and oxygen atoms in total. The number of hydrogen-bond acceptors (Lipinski definition) is 10. The van der Waals surface area contributed by atoms with Crippen LogP contribution >= 0.6 is 0 Å². The second-order valence-corrected chi connectivity index (χ2v) is 12.0. The van der Waals surface area contributed by atoms with Crippen LogP contribution in [0.15, 0.2) is 48.8 Å². The Hall–Kier alpha value is -4.16. The first-order valence-corrected chi connectivity index (χ1v) is 16.8.